The highest BCUT2D eigenvalue weighted by Gasteiger charge is 2.71. The second-order valence-corrected chi connectivity index (χ2v) is 6.67. The van der Waals surface area contributed by atoms with Crippen LogP contribution in [0.2, 0.25) is 0 Å². The first-order valence-corrected chi connectivity index (χ1v) is 7.23. The molecule has 2 fully saturated rings. The van der Waals surface area contributed by atoms with E-state index in [-0.39, 0.29) is 0 Å². The molecule has 3 rings (SSSR count). The van der Waals surface area contributed by atoms with E-state index in [0.717, 1.165) is 11.7 Å². The van der Waals surface area contributed by atoms with E-state index in [2.05, 4.69) is 38.1 Å². The fraction of sp³-hybridized carbons (Fsp3) is 0.647. The van der Waals surface area contributed by atoms with E-state index in [4.69, 9.17) is 4.74 Å². The SMILES string of the molecule is COc1ccc(CC[C@@]23CCC[C@@H]2C3(C)C)cc1. The number of hydrogen-bond donors (Lipinski definition) is 0. The van der Waals surface area contributed by atoms with Gasteiger partial charge in [-0.2, -0.15) is 0 Å². The zero-order valence-electron chi connectivity index (χ0n) is 11.8. The van der Waals surface area contributed by atoms with E-state index in [9.17, 15) is 0 Å². The first-order valence-electron chi connectivity index (χ1n) is 7.23. The highest BCUT2D eigenvalue weighted by Crippen LogP contribution is 2.78. The molecule has 1 heteroatoms. The quantitative estimate of drug-likeness (QED) is 0.760. The molecule has 0 N–H and O–H groups in total. The first kappa shape index (κ1) is 12.1. The van der Waals surface area contributed by atoms with Crippen molar-refractivity contribution in [1.29, 1.82) is 0 Å². The number of aryl methyl sites for hydroxylation is 1. The van der Waals surface area contributed by atoms with E-state index < -0.39 is 0 Å². The van der Waals surface area contributed by atoms with Gasteiger partial charge < -0.3 is 4.74 Å². The number of methoxy groups -OCH3 is 1. The van der Waals surface area contributed by atoms with Crippen LogP contribution in [-0.4, -0.2) is 7.11 Å². The fourth-order valence-corrected chi connectivity index (χ4v) is 4.60. The molecule has 0 amide bonds. The summed E-state index contributed by atoms with van der Waals surface area (Å²) >= 11 is 0. The molecule has 2 aliphatic carbocycles. The summed E-state index contributed by atoms with van der Waals surface area (Å²) in [7, 11) is 1.73. The Kier molecular flexibility index (Phi) is 2.69. The standard InChI is InChI=1S/C17H24O/c1-16(2)15-5-4-11-17(15,16)12-10-13-6-8-14(18-3)9-7-13/h6-9,15H,4-5,10-12H2,1-3H3/t15-,17+/m1/s1. The summed E-state index contributed by atoms with van der Waals surface area (Å²) < 4.78 is 5.21. The normalized spacial score (nSPS) is 32.1. The van der Waals surface area contributed by atoms with Crippen LogP contribution in [0.25, 0.3) is 0 Å². The van der Waals surface area contributed by atoms with Crippen LogP contribution >= 0.6 is 0 Å². The molecule has 0 aliphatic heterocycles. The van der Waals surface area contributed by atoms with Crippen molar-refractivity contribution in [3.05, 3.63) is 29.8 Å². The van der Waals surface area contributed by atoms with Gasteiger partial charge in [-0.15, -0.1) is 0 Å². The lowest BCUT2D eigenvalue weighted by atomic mass is 9.86. The third-order valence-electron chi connectivity index (χ3n) is 5.87. The van der Waals surface area contributed by atoms with Gasteiger partial charge in [0, 0.05) is 0 Å². The minimum absolute atomic E-state index is 0.609. The smallest absolute Gasteiger partial charge is 0.118 e. The molecule has 18 heavy (non-hydrogen) atoms. The summed E-state index contributed by atoms with van der Waals surface area (Å²) in [6.07, 6.45) is 6.98. The van der Waals surface area contributed by atoms with Crippen LogP contribution < -0.4 is 4.74 Å². The van der Waals surface area contributed by atoms with E-state index >= 15 is 0 Å². The molecule has 2 atom stereocenters. The molecule has 1 aromatic carbocycles. The summed E-state index contributed by atoms with van der Waals surface area (Å²) in [6, 6.07) is 8.60. The lowest BCUT2D eigenvalue weighted by molar-refractivity contribution is 0.334. The van der Waals surface area contributed by atoms with E-state index in [1.165, 1.54) is 37.7 Å². The summed E-state index contributed by atoms with van der Waals surface area (Å²) in [5, 5.41) is 0. The molecule has 0 bridgehead atoms. The lowest BCUT2D eigenvalue weighted by Gasteiger charge is -2.19. The number of ether oxygens (including phenoxy) is 1. The lowest BCUT2D eigenvalue weighted by Crippen LogP contribution is -2.09. The van der Waals surface area contributed by atoms with Crippen molar-refractivity contribution >= 4 is 0 Å². The highest BCUT2D eigenvalue weighted by atomic mass is 16.5. The van der Waals surface area contributed by atoms with Crippen molar-refractivity contribution < 1.29 is 4.74 Å². The highest BCUT2D eigenvalue weighted by molar-refractivity contribution is 5.28. The second-order valence-electron chi connectivity index (χ2n) is 6.67. The minimum atomic E-state index is 0.609. The van der Waals surface area contributed by atoms with Gasteiger partial charge in [0.05, 0.1) is 7.11 Å². The Bertz CT molecular complexity index is 431. The molecule has 1 aromatic rings. The summed E-state index contributed by atoms with van der Waals surface area (Å²) in [6.45, 7) is 4.95. The molecule has 98 valence electrons. The molecule has 0 aromatic heterocycles. The molecule has 0 spiro atoms. The largest absolute Gasteiger partial charge is 0.497 e. The topological polar surface area (TPSA) is 9.23 Å². The maximum Gasteiger partial charge on any atom is 0.118 e. The molecule has 0 radical (unpaired) electrons. The molecule has 0 unspecified atom stereocenters. The van der Waals surface area contributed by atoms with Gasteiger partial charge in [0.15, 0.2) is 0 Å². The van der Waals surface area contributed by atoms with Crippen molar-refractivity contribution in [2.75, 3.05) is 7.11 Å². The number of fused-ring (bicyclic) bond motifs is 1. The van der Waals surface area contributed by atoms with Crippen LogP contribution in [0.1, 0.15) is 45.1 Å². The van der Waals surface area contributed by atoms with Gasteiger partial charge in [-0.25, -0.2) is 0 Å². The van der Waals surface area contributed by atoms with E-state index in [1.54, 1.807) is 7.11 Å². The monoisotopic (exact) mass is 244 g/mol. The number of hydrogen-bond acceptors (Lipinski definition) is 1. The molecule has 1 nitrogen and oxygen atoms in total. The zero-order valence-corrected chi connectivity index (χ0v) is 11.8. The second kappa shape index (κ2) is 4.01. The van der Waals surface area contributed by atoms with Crippen LogP contribution in [0.3, 0.4) is 0 Å². The predicted octanol–water partition coefficient (Wildman–Crippen LogP) is 4.45. The Balaban J connectivity index is 1.64. The van der Waals surface area contributed by atoms with Crippen molar-refractivity contribution in [2.45, 2.75) is 46.0 Å². The Labute approximate surface area is 111 Å². The summed E-state index contributed by atoms with van der Waals surface area (Å²) in [4.78, 5) is 0. The third-order valence-corrected chi connectivity index (χ3v) is 5.87. The molecular weight excluding hydrogens is 220 g/mol. The molecule has 0 saturated heterocycles. The van der Waals surface area contributed by atoms with Crippen LogP contribution in [-0.2, 0) is 6.42 Å². The van der Waals surface area contributed by atoms with Crippen LogP contribution in [0.5, 0.6) is 5.75 Å². The predicted molar refractivity (Wildman–Crippen MR) is 74.9 cm³/mol. The van der Waals surface area contributed by atoms with Gasteiger partial charge in [0.2, 0.25) is 0 Å². The van der Waals surface area contributed by atoms with Crippen LogP contribution in [0.15, 0.2) is 24.3 Å². The zero-order chi connectivity index (χ0) is 12.8. The molecular formula is C17H24O. The Hall–Kier alpha value is -0.980. The van der Waals surface area contributed by atoms with Gasteiger partial charge in [0.1, 0.15) is 5.75 Å². The van der Waals surface area contributed by atoms with Crippen LogP contribution in [0.4, 0.5) is 0 Å². The average Bonchev–Trinajstić information content (AvgIpc) is 2.72. The Morgan fingerprint density at radius 3 is 2.50 bits per heavy atom. The molecule has 2 saturated carbocycles. The van der Waals surface area contributed by atoms with Crippen molar-refractivity contribution in [2.24, 2.45) is 16.7 Å². The molecule has 2 aliphatic rings. The van der Waals surface area contributed by atoms with Crippen molar-refractivity contribution in [1.82, 2.24) is 0 Å². The van der Waals surface area contributed by atoms with Gasteiger partial charge >= 0.3 is 0 Å². The van der Waals surface area contributed by atoms with Crippen molar-refractivity contribution in [3.63, 3.8) is 0 Å². The average molecular weight is 244 g/mol. The van der Waals surface area contributed by atoms with Crippen LogP contribution in [0, 0.1) is 16.7 Å². The van der Waals surface area contributed by atoms with Gasteiger partial charge in [0.25, 0.3) is 0 Å². The fourth-order valence-electron chi connectivity index (χ4n) is 4.60. The van der Waals surface area contributed by atoms with Gasteiger partial charge in [-0.1, -0.05) is 32.4 Å². The van der Waals surface area contributed by atoms with Crippen molar-refractivity contribution in [3.8, 4) is 5.75 Å². The Morgan fingerprint density at radius 1 is 1.22 bits per heavy atom. The maximum absolute atomic E-state index is 5.21. The minimum Gasteiger partial charge on any atom is -0.497 e. The van der Waals surface area contributed by atoms with Gasteiger partial charge in [-0.05, 0) is 60.1 Å². The van der Waals surface area contributed by atoms with E-state index in [1.807, 2.05) is 0 Å². The van der Waals surface area contributed by atoms with Gasteiger partial charge in [-0.3, -0.25) is 0 Å². The first-order chi connectivity index (χ1) is 8.60. The number of rotatable bonds is 4. The van der Waals surface area contributed by atoms with E-state index in [0.29, 0.717) is 10.8 Å². The maximum atomic E-state index is 5.21. The summed E-state index contributed by atoms with van der Waals surface area (Å²) in [5.41, 5.74) is 2.74. The third kappa shape index (κ3) is 1.60. The Morgan fingerprint density at radius 2 is 1.94 bits per heavy atom. The number of benzene rings is 1. The summed E-state index contributed by atoms with van der Waals surface area (Å²) in [5.74, 6) is 1.96. The molecule has 0 heterocycles.